The second-order valence-electron chi connectivity index (χ2n) is 12.5. The first kappa shape index (κ1) is 33.8. The molecule has 0 spiro atoms. The van der Waals surface area contributed by atoms with Crippen LogP contribution in [-0.2, 0) is 12.8 Å². The van der Waals surface area contributed by atoms with E-state index >= 15 is 0 Å². The summed E-state index contributed by atoms with van der Waals surface area (Å²) >= 11 is 3.77. The topological polar surface area (TPSA) is 24.7 Å². The Hall–Kier alpha value is -4.12. The molecular formula is C44H46N2S2. The molecule has 0 fully saturated rings. The number of thiophene rings is 2. The summed E-state index contributed by atoms with van der Waals surface area (Å²) in [4.78, 5) is 14.8. The fraction of sp³-hybridized carbons (Fsp3) is 0.273. The normalized spacial score (nSPS) is 11.8. The summed E-state index contributed by atoms with van der Waals surface area (Å²) in [6.45, 7) is 4.57. The highest BCUT2D eigenvalue weighted by Crippen LogP contribution is 2.49. The average Bonchev–Trinajstić information content (AvgIpc) is 3.77. The lowest BCUT2D eigenvalue weighted by Gasteiger charge is -2.05. The lowest BCUT2D eigenvalue weighted by Crippen LogP contribution is -1.86. The second-order valence-corrected chi connectivity index (χ2v) is 14.7. The first-order valence-corrected chi connectivity index (χ1v) is 19.3. The van der Waals surface area contributed by atoms with Gasteiger partial charge in [-0.25, -0.2) is 0 Å². The number of unbranched alkanes of at least 4 members (excludes halogenated alkanes) is 6. The Bertz CT molecular complexity index is 1760. The van der Waals surface area contributed by atoms with Gasteiger partial charge in [-0.15, -0.1) is 22.7 Å². The lowest BCUT2D eigenvalue weighted by molar-refractivity contribution is 0.668. The van der Waals surface area contributed by atoms with Crippen molar-refractivity contribution in [2.24, 2.45) is 9.98 Å². The summed E-state index contributed by atoms with van der Waals surface area (Å²) in [5.74, 6) is 0. The van der Waals surface area contributed by atoms with E-state index < -0.39 is 0 Å². The molecule has 244 valence electrons. The maximum Gasteiger partial charge on any atom is 0.0630 e. The Morgan fingerprint density at radius 2 is 0.875 bits per heavy atom. The monoisotopic (exact) mass is 666 g/mol. The van der Waals surface area contributed by atoms with Gasteiger partial charge in [0, 0.05) is 43.1 Å². The van der Waals surface area contributed by atoms with Crippen LogP contribution in [0.5, 0.6) is 0 Å². The molecule has 0 amide bonds. The number of benzene rings is 2. The first-order valence-electron chi connectivity index (χ1n) is 17.7. The molecule has 4 heteroatoms. The summed E-state index contributed by atoms with van der Waals surface area (Å²) in [5, 5.41) is 0. The third kappa shape index (κ3) is 8.66. The van der Waals surface area contributed by atoms with Crippen LogP contribution >= 0.6 is 22.7 Å². The van der Waals surface area contributed by atoms with Crippen molar-refractivity contribution in [2.75, 3.05) is 0 Å². The van der Waals surface area contributed by atoms with E-state index in [9.17, 15) is 0 Å². The molecule has 2 heterocycles. The summed E-state index contributed by atoms with van der Waals surface area (Å²) in [6.07, 6.45) is 16.3. The van der Waals surface area contributed by atoms with Crippen LogP contribution < -0.4 is 0 Å². The summed E-state index contributed by atoms with van der Waals surface area (Å²) in [5.41, 5.74) is 10.2. The number of nitrogens with zero attached hydrogens (tertiary/aromatic N) is 2. The van der Waals surface area contributed by atoms with Gasteiger partial charge in [0.1, 0.15) is 0 Å². The average molecular weight is 667 g/mol. The molecule has 2 aromatic carbocycles. The minimum absolute atomic E-state index is 0.987. The van der Waals surface area contributed by atoms with Gasteiger partial charge in [0.15, 0.2) is 0 Å². The highest BCUT2D eigenvalue weighted by molar-refractivity contribution is 7.18. The third-order valence-corrected chi connectivity index (χ3v) is 11.1. The summed E-state index contributed by atoms with van der Waals surface area (Å²) < 4.78 is 0. The molecule has 0 aliphatic heterocycles. The fourth-order valence-electron chi connectivity index (χ4n) is 6.34. The van der Waals surface area contributed by atoms with Crippen molar-refractivity contribution in [3.8, 4) is 32.0 Å². The van der Waals surface area contributed by atoms with Crippen molar-refractivity contribution in [1.82, 2.24) is 0 Å². The van der Waals surface area contributed by atoms with Gasteiger partial charge in [0.05, 0.1) is 11.4 Å². The van der Waals surface area contributed by atoms with Crippen LogP contribution in [0.25, 0.3) is 32.0 Å². The van der Waals surface area contributed by atoms with E-state index in [0.29, 0.717) is 0 Å². The van der Waals surface area contributed by atoms with Crippen molar-refractivity contribution in [1.29, 1.82) is 0 Å². The van der Waals surface area contributed by atoms with Gasteiger partial charge in [-0.3, -0.25) is 9.98 Å². The van der Waals surface area contributed by atoms with Crippen molar-refractivity contribution in [3.05, 3.63) is 130 Å². The van der Waals surface area contributed by atoms with Gasteiger partial charge in [0.25, 0.3) is 0 Å². The molecule has 4 aromatic rings. The zero-order valence-electron chi connectivity index (χ0n) is 28.3. The molecule has 0 N–H and O–H groups in total. The number of hydrogen-bond donors (Lipinski definition) is 0. The predicted molar refractivity (Wildman–Crippen MR) is 213 cm³/mol. The van der Waals surface area contributed by atoms with E-state index in [-0.39, 0.29) is 0 Å². The molecule has 0 bridgehead atoms. The van der Waals surface area contributed by atoms with E-state index in [4.69, 9.17) is 9.98 Å². The minimum atomic E-state index is 0.987. The Balaban J connectivity index is 1.43. The first-order chi connectivity index (χ1) is 23.7. The molecule has 0 saturated carbocycles. The molecule has 2 aromatic heterocycles. The van der Waals surface area contributed by atoms with Crippen LogP contribution in [-0.4, -0.2) is 12.4 Å². The van der Waals surface area contributed by atoms with E-state index in [1.165, 1.54) is 104 Å². The zero-order chi connectivity index (χ0) is 33.0. The zero-order valence-corrected chi connectivity index (χ0v) is 30.0. The standard InChI is InChI=1S/C44H46N2S2/c1-3-5-7-12-20-33-28-37(31-45-35-22-14-9-15-23-35)47-43(33)41-30-42(40-27-19-11-18-26-39(40)41)44-34(21-13-8-6-4-2)29-38(48-44)32-46-36-24-16-10-17-25-36/h9-11,14-19,22-32H,3-8,12-13,20-21H2,1-2H3/b45-31+,46-32+. The molecule has 0 saturated heterocycles. The quantitative estimate of drug-likeness (QED) is 0.0725. The Morgan fingerprint density at radius 3 is 1.29 bits per heavy atom. The van der Waals surface area contributed by atoms with E-state index in [2.05, 4.69) is 99.1 Å². The number of hydrogen-bond acceptors (Lipinski definition) is 4. The number of fused-ring (bicyclic) bond motifs is 1. The highest BCUT2D eigenvalue weighted by Gasteiger charge is 2.23. The van der Waals surface area contributed by atoms with Crippen molar-refractivity contribution >= 4 is 46.5 Å². The van der Waals surface area contributed by atoms with E-state index in [1.54, 1.807) is 0 Å². The van der Waals surface area contributed by atoms with Gasteiger partial charge in [0.2, 0.25) is 0 Å². The van der Waals surface area contributed by atoms with Crippen LogP contribution in [0.1, 0.15) is 86.1 Å². The van der Waals surface area contributed by atoms with Gasteiger partial charge in [-0.1, -0.05) is 119 Å². The smallest absolute Gasteiger partial charge is 0.0630 e. The van der Waals surface area contributed by atoms with Crippen LogP contribution in [0.15, 0.2) is 119 Å². The van der Waals surface area contributed by atoms with E-state index in [0.717, 1.165) is 24.2 Å². The molecule has 0 unspecified atom stereocenters. The summed E-state index contributed by atoms with van der Waals surface area (Å²) in [7, 11) is 0. The van der Waals surface area contributed by atoms with Crippen molar-refractivity contribution < 1.29 is 0 Å². The molecule has 2 nitrogen and oxygen atoms in total. The largest absolute Gasteiger partial charge is 0.255 e. The fourth-order valence-corrected chi connectivity index (χ4v) is 8.56. The lowest BCUT2D eigenvalue weighted by atomic mass is 10.0. The molecule has 6 rings (SSSR count). The molecule has 2 aliphatic carbocycles. The van der Waals surface area contributed by atoms with Crippen LogP contribution in [0, 0.1) is 0 Å². The van der Waals surface area contributed by atoms with Gasteiger partial charge < -0.3 is 0 Å². The van der Waals surface area contributed by atoms with Crippen molar-refractivity contribution in [3.63, 3.8) is 0 Å². The van der Waals surface area contributed by atoms with Crippen molar-refractivity contribution in [2.45, 2.75) is 78.1 Å². The Morgan fingerprint density at radius 1 is 0.458 bits per heavy atom. The second kappa shape index (κ2) is 17.3. The highest BCUT2D eigenvalue weighted by atomic mass is 32.1. The molecule has 0 atom stereocenters. The number of para-hydroxylation sites is 2. The maximum absolute atomic E-state index is 4.83. The minimum Gasteiger partial charge on any atom is -0.255 e. The predicted octanol–water partition coefficient (Wildman–Crippen LogP) is 14.0. The SMILES string of the molecule is CCCCCCc1cc(/C=N/c2ccccc2)sc1-c1cc(-c2sc(/C=N/c3ccccc3)cc2CCCCCC)c2cccccc1-2. The maximum atomic E-state index is 4.83. The molecular weight excluding hydrogens is 621 g/mol. The van der Waals surface area contributed by atoms with Gasteiger partial charge in [-0.2, -0.15) is 0 Å². The molecule has 48 heavy (non-hydrogen) atoms. The third-order valence-electron chi connectivity index (χ3n) is 8.85. The van der Waals surface area contributed by atoms with Gasteiger partial charge >= 0.3 is 0 Å². The number of aliphatic imine (C=N–C) groups is 2. The van der Waals surface area contributed by atoms with Crippen LogP contribution in [0.4, 0.5) is 11.4 Å². The van der Waals surface area contributed by atoms with Crippen LogP contribution in [0.3, 0.4) is 0 Å². The molecule has 0 radical (unpaired) electrons. The Labute approximate surface area is 295 Å². The number of aryl methyl sites for hydroxylation is 2. The van der Waals surface area contributed by atoms with Crippen LogP contribution in [0.2, 0.25) is 0 Å². The number of rotatable bonds is 16. The summed E-state index contributed by atoms with van der Waals surface area (Å²) in [6, 6.07) is 39.0. The molecule has 2 aliphatic rings. The Kier molecular flexibility index (Phi) is 12.2. The van der Waals surface area contributed by atoms with E-state index in [1.807, 2.05) is 59.1 Å². The van der Waals surface area contributed by atoms with Gasteiger partial charge in [-0.05, 0) is 90.4 Å².